The van der Waals surface area contributed by atoms with Gasteiger partial charge in [-0.1, -0.05) is 0 Å². The summed E-state index contributed by atoms with van der Waals surface area (Å²) in [6.45, 7) is 0. The molecule has 2 N–H and O–H groups in total. The van der Waals surface area contributed by atoms with Crippen LogP contribution >= 0.6 is 0 Å². The summed E-state index contributed by atoms with van der Waals surface area (Å²) in [5.74, 6) is 0. The van der Waals surface area contributed by atoms with Gasteiger partial charge in [0.25, 0.3) is 0 Å². The van der Waals surface area contributed by atoms with E-state index >= 15 is 0 Å². The first kappa shape index (κ1) is 16.0. The summed E-state index contributed by atoms with van der Waals surface area (Å²) < 4.78 is 31.6. The van der Waals surface area contributed by atoms with E-state index in [1.165, 1.54) is 0 Å². The van der Waals surface area contributed by atoms with Crippen LogP contribution in [0.4, 0.5) is 0 Å². The molecule has 0 spiro atoms. The zero-order chi connectivity index (χ0) is 4.50. The van der Waals surface area contributed by atoms with Crippen LogP contribution in [0.2, 0.25) is 0 Å². The second-order valence-corrected chi connectivity index (χ2v) is 1.34. The third-order valence-corrected chi connectivity index (χ3v) is 0. The standard InChI is InChI=1S/Ca.Mg.H2O4S/c;;1-5(2,3)4/h;;(H2,1,2,3,4)/q2*+2;. The molecule has 0 unspecified atom stereocenters. The zero-order valence-corrected chi connectivity index (χ0v) is 7.97. The summed E-state index contributed by atoms with van der Waals surface area (Å²) in [4.78, 5) is 0. The van der Waals surface area contributed by atoms with Crippen LogP contribution in [0, 0.1) is 0 Å². The molecular formula is H2CaMgO4S+4. The molecule has 0 saturated heterocycles. The maximum atomic E-state index is 8.74. The molecule has 0 bridgehead atoms. The molecule has 32 valence electrons. The minimum Gasteiger partial charge on any atom is -0.264 e. The van der Waals surface area contributed by atoms with Crippen LogP contribution in [0.3, 0.4) is 0 Å². The Hall–Kier alpha value is 1.90. The van der Waals surface area contributed by atoms with Crippen LogP contribution in [0.25, 0.3) is 0 Å². The second-order valence-electron chi connectivity index (χ2n) is 0.448. The number of hydrogen-bond donors (Lipinski definition) is 2. The maximum Gasteiger partial charge on any atom is 2.00 e. The summed E-state index contributed by atoms with van der Waals surface area (Å²) in [6.07, 6.45) is 0. The average Bonchev–Trinajstić information content (AvgIpc) is 0.722. The zero-order valence-electron chi connectivity index (χ0n) is 3.53. The van der Waals surface area contributed by atoms with E-state index in [4.69, 9.17) is 17.5 Å². The molecular weight excluding hydrogens is 160 g/mol. The SMILES string of the molecule is O=S(=O)(O)O.[Ca+2].[Mg+2]. The molecule has 0 amide bonds. The van der Waals surface area contributed by atoms with Gasteiger partial charge in [0.2, 0.25) is 0 Å². The molecule has 0 aromatic carbocycles. The minimum absolute atomic E-state index is 0. The van der Waals surface area contributed by atoms with E-state index in [0.717, 1.165) is 0 Å². The summed E-state index contributed by atoms with van der Waals surface area (Å²) in [5.41, 5.74) is 0. The molecule has 0 radical (unpaired) electrons. The van der Waals surface area contributed by atoms with E-state index in [1.54, 1.807) is 0 Å². The Balaban J connectivity index is -0.0000000800. The van der Waals surface area contributed by atoms with Gasteiger partial charge in [0.1, 0.15) is 0 Å². The van der Waals surface area contributed by atoms with E-state index in [2.05, 4.69) is 0 Å². The average molecular weight is 162 g/mol. The Labute approximate surface area is 87.4 Å². The summed E-state index contributed by atoms with van der Waals surface area (Å²) in [7, 11) is -4.67. The van der Waals surface area contributed by atoms with Crippen LogP contribution in [0.5, 0.6) is 0 Å². The van der Waals surface area contributed by atoms with Gasteiger partial charge in [0.15, 0.2) is 0 Å². The van der Waals surface area contributed by atoms with Crippen molar-refractivity contribution in [1.29, 1.82) is 0 Å². The van der Waals surface area contributed by atoms with E-state index in [1.807, 2.05) is 0 Å². The molecule has 0 heterocycles. The normalized spacial score (nSPS) is 8.29. The van der Waals surface area contributed by atoms with E-state index < -0.39 is 10.4 Å². The van der Waals surface area contributed by atoms with Crippen molar-refractivity contribution >= 4 is 71.2 Å². The van der Waals surface area contributed by atoms with Crippen molar-refractivity contribution in [1.82, 2.24) is 0 Å². The number of rotatable bonds is 0. The van der Waals surface area contributed by atoms with Crippen molar-refractivity contribution in [3.8, 4) is 0 Å². The summed E-state index contributed by atoms with van der Waals surface area (Å²) in [5, 5.41) is 0. The van der Waals surface area contributed by atoms with Gasteiger partial charge >= 0.3 is 71.2 Å². The van der Waals surface area contributed by atoms with Crippen LogP contribution in [-0.2, 0) is 10.4 Å². The Morgan fingerprint density at radius 1 is 1.14 bits per heavy atom. The van der Waals surface area contributed by atoms with E-state index in [0.29, 0.717) is 0 Å². The van der Waals surface area contributed by atoms with Gasteiger partial charge in [0.05, 0.1) is 0 Å². The molecule has 0 aromatic rings. The fourth-order valence-corrected chi connectivity index (χ4v) is 0. The van der Waals surface area contributed by atoms with Crippen molar-refractivity contribution < 1.29 is 17.5 Å². The minimum atomic E-state index is -4.67. The fourth-order valence-electron chi connectivity index (χ4n) is 0. The molecule has 0 aliphatic rings. The molecule has 7 heteroatoms. The Morgan fingerprint density at radius 2 is 1.14 bits per heavy atom. The molecule has 0 rings (SSSR count). The quantitative estimate of drug-likeness (QED) is 0.339. The Bertz CT molecular complexity index is 94.9. The monoisotopic (exact) mass is 162 g/mol. The van der Waals surface area contributed by atoms with Crippen molar-refractivity contribution in [2.45, 2.75) is 0 Å². The van der Waals surface area contributed by atoms with Gasteiger partial charge < -0.3 is 0 Å². The van der Waals surface area contributed by atoms with Crippen molar-refractivity contribution in [3.05, 3.63) is 0 Å². The van der Waals surface area contributed by atoms with Gasteiger partial charge in [-0.2, -0.15) is 8.42 Å². The van der Waals surface area contributed by atoms with Gasteiger partial charge in [-0.15, -0.1) is 0 Å². The van der Waals surface area contributed by atoms with Crippen LogP contribution in [0.15, 0.2) is 0 Å². The topological polar surface area (TPSA) is 74.6 Å². The molecule has 0 fully saturated rings. The van der Waals surface area contributed by atoms with E-state index in [-0.39, 0.29) is 60.8 Å². The molecule has 0 aliphatic heterocycles. The summed E-state index contributed by atoms with van der Waals surface area (Å²) >= 11 is 0. The number of hydrogen-bond acceptors (Lipinski definition) is 2. The van der Waals surface area contributed by atoms with Crippen molar-refractivity contribution in [2.75, 3.05) is 0 Å². The van der Waals surface area contributed by atoms with Gasteiger partial charge in [-0.05, 0) is 0 Å². The molecule has 7 heavy (non-hydrogen) atoms. The second kappa shape index (κ2) is 6.02. The molecule has 0 saturated carbocycles. The third kappa shape index (κ3) is 76.4. The van der Waals surface area contributed by atoms with Crippen LogP contribution in [0.1, 0.15) is 0 Å². The van der Waals surface area contributed by atoms with Crippen molar-refractivity contribution in [2.24, 2.45) is 0 Å². The first-order valence-electron chi connectivity index (χ1n) is 0.698. The summed E-state index contributed by atoms with van der Waals surface area (Å²) in [6, 6.07) is 0. The largest absolute Gasteiger partial charge is 2.00 e. The van der Waals surface area contributed by atoms with Crippen molar-refractivity contribution in [3.63, 3.8) is 0 Å². The van der Waals surface area contributed by atoms with Gasteiger partial charge in [-0.25, -0.2) is 0 Å². The maximum absolute atomic E-state index is 8.74. The van der Waals surface area contributed by atoms with Crippen LogP contribution in [-0.4, -0.2) is 78.3 Å². The van der Waals surface area contributed by atoms with Crippen LogP contribution < -0.4 is 0 Å². The predicted molar refractivity (Wildman–Crippen MR) is 25.7 cm³/mol. The first-order valence-corrected chi connectivity index (χ1v) is 2.10. The first-order chi connectivity index (χ1) is 2.00. The fraction of sp³-hybridized carbons (Fsp3) is 0. The molecule has 0 atom stereocenters. The Kier molecular flexibility index (Phi) is 13.7. The molecule has 0 aromatic heterocycles. The predicted octanol–water partition coefficient (Wildman–Crippen LogP) is -1.41. The Morgan fingerprint density at radius 3 is 1.14 bits per heavy atom. The third-order valence-electron chi connectivity index (χ3n) is 0. The smallest absolute Gasteiger partial charge is 0.264 e. The van der Waals surface area contributed by atoms with E-state index in [9.17, 15) is 0 Å². The molecule has 0 aliphatic carbocycles. The van der Waals surface area contributed by atoms with Gasteiger partial charge in [-0.3, -0.25) is 9.11 Å². The van der Waals surface area contributed by atoms with Gasteiger partial charge in [0, 0.05) is 0 Å². The molecule has 4 nitrogen and oxygen atoms in total.